The van der Waals surface area contributed by atoms with Crippen molar-refractivity contribution in [3.05, 3.63) is 51.7 Å². The predicted octanol–water partition coefficient (Wildman–Crippen LogP) is 4.71. The van der Waals surface area contributed by atoms with Crippen LogP contribution < -0.4 is 5.32 Å². The molecule has 1 aromatic heterocycles. The molecule has 0 spiro atoms. The fraction of sp³-hybridized carbons (Fsp3) is 0.333. The fourth-order valence-electron chi connectivity index (χ4n) is 1.93. The number of thiophene rings is 1. The monoisotopic (exact) mass is 311 g/mol. The number of rotatable bonds is 7. The van der Waals surface area contributed by atoms with Crippen molar-refractivity contribution in [1.82, 2.24) is 5.32 Å². The van der Waals surface area contributed by atoms with E-state index in [-0.39, 0.29) is 0 Å². The first-order chi connectivity index (χ1) is 9.28. The number of nitrogens with one attached hydrogen (secondary N) is 1. The Morgan fingerprint density at radius 3 is 2.95 bits per heavy atom. The van der Waals surface area contributed by atoms with Crippen LogP contribution >= 0.6 is 34.7 Å². The highest BCUT2D eigenvalue weighted by atomic mass is 35.5. The Bertz CT molecular complexity index is 485. The van der Waals surface area contributed by atoms with Gasteiger partial charge >= 0.3 is 0 Å². The highest BCUT2D eigenvalue weighted by molar-refractivity contribution is 7.99. The van der Waals surface area contributed by atoms with Crippen LogP contribution in [-0.2, 0) is 6.42 Å². The topological polar surface area (TPSA) is 12.0 Å². The van der Waals surface area contributed by atoms with Gasteiger partial charge in [-0.3, -0.25) is 0 Å². The van der Waals surface area contributed by atoms with E-state index in [1.54, 1.807) is 11.3 Å². The summed E-state index contributed by atoms with van der Waals surface area (Å²) in [4.78, 5) is 1.24. The summed E-state index contributed by atoms with van der Waals surface area (Å²) in [6.07, 6.45) is 1.09. The maximum Gasteiger partial charge on any atom is 0.0417 e. The Hall–Kier alpha value is -0.480. The summed E-state index contributed by atoms with van der Waals surface area (Å²) in [7, 11) is 0. The van der Waals surface area contributed by atoms with E-state index in [0.717, 1.165) is 23.7 Å². The van der Waals surface area contributed by atoms with E-state index in [2.05, 4.69) is 35.1 Å². The van der Waals surface area contributed by atoms with Gasteiger partial charge in [0.05, 0.1) is 0 Å². The van der Waals surface area contributed by atoms with E-state index >= 15 is 0 Å². The normalized spacial score (nSPS) is 12.5. The molecule has 1 heterocycles. The lowest BCUT2D eigenvalue weighted by Crippen LogP contribution is -2.33. The van der Waals surface area contributed by atoms with Gasteiger partial charge in [-0.15, -0.1) is 11.8 Å². The van der Waals surface area contributed by atoms with Crippen LogP contribution in [0.2, 0.25) is 5.02 Å². The van der Waals surface area contributed by atoms with Gasteiger partial charge in [-0.25, -0.2) is 0 Å². The molecule has 1 N–H and O–H groups in total. The van der Waals surface area contributed by atoms with Crippen molar-refractivity contribution in [3.63, 3.8) is 0 Å². The maximum absolute atomic E-state index is 6.01. The maximum atomic E-state index is 6.01. The van der Waals surface area contributed by atoms with Crippen LogP contribution in [0.15, 0.2) is 46.0 Å². The Kier molecular flexibility index (Phi) is 6.24. The molecule has 0 aliphatic rings. The molecule has 0 radical (unpaired) electrons. The second-order valence-corrected chi connectivity index (χ2v) is 6.67. The largest absolute Gasteiger partial charge is 0.313 e. The summed E-state index contributed by atoms with van der Waals surface area (Å²) in [6.45, 7) is 3.16. The molecule has 2 aromatic rings. The Morgan fingerprint density at radius 2 is 2.26 bits per heavy atom. The third-order valence-corrected chi connectivity index (χ3v) is 4.93. The number of thioether (sulfide) groups is 1. The first-order valence-corrected chi connectivity index (χ1v) is 8.71. The molecule has 2 rings (SSSR count). The van der Waals surface area contributed by atoms with Crippen molar-refractivity contribution in [2.75, 3.05) is 12.3 Å². The van der Waals surface area contributed by atoms with Crippen molar-refractivity contribution >= 4 is 34.7 Å². The molecule has 102 valence electrons. The Labute approximate surface area is 128 Å². The smallest absolute Gasteiger partial charge is 0.0417 e. The van der Waals surface area contributed by atoms with Crippen LogP contribution in [0.5, 0.6) is 0 Å². The molecule has 0 aliphatic heterocycles. The zero-order valence-corrected chi connectivity index (χ0v) is 13.3. The average Bonchev–Trinajstić information content (AvgIpc) is 2.89. The molecular weight excluding hydrogens is 294 g/mol. The molecule has 4 heteroatoms. The molecule has 1 unspecified atom stereocenters. The summed E-state index contributed by atoms with van der Waals surface area (Å²) < 4.78 is 0. The van der Waals surface area contributed by atoms with Crippen molar-refractivity contribution in [2.24, 2.45) is 0 Å². The number of likely N-dealkylation sites (N-methyl/N-ethyl adjacent to an activating group) is 1. The van der Waals surface area contributed by atoms with Crippen molar-refractivity contribution in [1.29, 1.82) is 0 Å². The van der Waals surface area contributed by atoms with Gasteiger partial charge in [0.2, 0.25) is 0 Å². The van der Waals surface area contributed by atoms with Crippen LogP contribution in [0.4, 0.5) is 0 Å². The lowest BCUT2D eigenvalue weighted by atomic mass is 10.1. The molecule has 0 saturated carbocycles. The standard InChI is InChI=1S/C15H18ClNS2/c1-2-17-14(8-12-6-7-18-10-12)11-19-15-5-3-4-13(16)9-15/h3-7,9-10,14,17H,2,8,11H2,1H3. The van der Waals surface area contributed by atoms with Crippen molar-refractivity contribution in [2.45, 2.75) is 24.3 Å². The number of benzene rings is 1. The first kappa shape index (κ1) is 14.9. The zero-order valence-electron chi connectivity index (χ0n) is 10.9. The Balaban J connectivity index is 1.89. The second-order valence-electron chi connectivity index (χ2n) is 4.36. The van der Waals surface area contributed by atoms with Gasteiger partial charge in [-0.2, -0.15) is 11.3 Å². The van der Waals surface area contributed by atoms with Gasteiger partial charge in [0.25, 0.3) is 0 Å². The molecule has 0 bridgehead atoms. The summed E-state index contributed by atoms with van der Waals surface area (Å²) in [6, 6.07) is 10.8. The van der Waals surface area contributed by atoms with Gasteiger partial charge in [-0.05, 0) is 53.6 Å². The van der Waals surface area contributed by atoms with Gasteiger partial charge in [0.15, 0.2) is 0 Å². The first-order valence-electron chi connectivity index (χ1n) is 6.40. The highest BCUT2D eigenvalue weighted by Crippen LogP contribution is 2.23. The molecule has 1 atom stereocenters. The Morgan fingerprint density at radius 1 is 1.37 bits per heavy atom. The van der Waals surface area contributed by atoms with E-state index in [4.69, 9.17) is 11.6 Å². The van der Waals surface area contributed by atoms with Crippen LogP contribution in [0.1, 0.15) is 12.5 Å². The molecule has 0 aliphatic carbocycles. The molecule has 1 aromatic carbocycles. The minimum atomic E-state index is 0.503. The van der Waals surface area contributed by atoms with Crippen LogP contribution in [-0.4, -0.2) is 18.3 Å². The minimum absolute atomic E-state index is 0.503. The summed E-state index contributed by atoms with van der Waals surface area (Å²) in [5, 5.41) is 8.74. The van der Waals surface area contributed by atoms with Crippen molar-refractivity contribution < 1.29 is 0 Å². The number of hydrogen-bond donors (Lipinski definition) is 1. The minimum Gasteiger partial charge on any atom is -0.313 e. The van der Waals surface area contributed by atoms with E-state index in [9.17, 15) is 0 Å². The highest BCUT2D eigenvalue weighted by Gasteiger charge is 2.09. The lowest BCUT2D eigenvalue weighted by molar-refractivity contribution is 0.573. The predicted molar refractivity (Wildman–Crippen MR) is 87.7 cm³/mol. The lowest BCUT2D eigenvalue weighted by Gasteiger charge is -2.17. The molecular formula is C15H18ClNS2. The fourth-order valence-corrected chi connectivity index (χ4v) is 3.88. The van der Waals surface area contributed by atoms with Crippen LogP contribution in [0, 0.1) is 0 Å². The van der Waals surface area contributed by atoms with Gasteiger partial charge < -0.3 is 5.32 Å². The number of hydrogen-bond acceptors (Lipinski definition) is 3. The van der Waals surface area contributed by atoms with E-state index < -0.39 is 0 Å². The summed E-state index contributed by atoms with van der Waals surface area (Å²) >= 11 is 9.63. The average molecular weight is 312 g/mol. The molecule has 1 nitrogen and oxygen atoms in total. The van der Waals surface area contributed by atoms with Gasteiger partial charge in [0.1, 0.15) is 0 Å². The van der Waals surface area contributed by atoms with E-state index in [1.165, 1.54) is 10.5 Å². The van der Waals surface area contributed by atoms with Crippen LogP contribution in [0.25, 0.3) is 0 Å². The van der Waals surface area contributed by atoms with Crippen LogP contribution in [0.3, 0.4) is 0 Å². The quantitative estimate of drug-likeness (QED) is 0.743. The van der Waals surface area contributed by atoms with E-state index in [0.29, 0.717) is 6.04 Å². The molecule has 0 fully saturated rings. The van der Waals surface area contributed by atoms with Crippen molar-refractivity contribution in [3.8, 4) is 0 Å². The zero-order chi connectivity index (χ0) is 13.5. The van der Waals surface area contributed by atoms with Gasteiger partial charge in [-0.1, -0.05) is 24.6 Å². The molecule has 0 saturated heterocycles. The summed E-state index contributed by atoms with van der Waals surface area (Å²) in [5.41, 5.74) is 1.42. The molecule has 0 amide bonds. The number of halogens is 1. The van der Waals surface area contributed by atoms with Gasteiger partial charge in [0, 0.05) is 21.7 Å². The third-order valence-electron chi connectivity index (χ3n) is 2.80. The van der Waals surface area contributed by atoms with E-state index in [1.807, 2.05) is 30.0 Å². The SMILES string of the molecule is CCNC(CSc1cccc(Cl)c1)Cc1ccsc1. The summed E-state index contributed by atoms with van der Waals surface area (Å²) in [5.74, 6) is 1.06. The molecule has 19 heavy (non-hydrogen) atoms. The third kappa shape index (κ3) is 5.19. The second kappa shape index (κ2) is 7.95.